The van der Waals surface area contributed by atoms with Crippen molar-refractivity contribution in [3.05, 3.63) is 30.5 Å². The summed E-state index contributed by atoms with van der Waals surface area (Å²) in [4.78, 5) is 5.19. The van der Waals surface area contributed by atoms with E-state index in [1.165, 1.54) is 0 Å². The summed E-state index contributed by atoms with van der Waals surface area (Å²) >= 11 is 0. The van der Waals surface area contributed by atoms with Crippen LogP contribution in [0.25, 0.3) is 10.9 Å². The summed E-state index contributed by atoms with van der Waals surface area (Å²) in [6.07, 6.45) is 1.80. The van der Waals surface area contributed by atoms with Crippen LogP contribution in [-0.2, 0) is 15.0 Å². The van der Waals surface area contributed by atoms with Gasteiger partial charge in [-0.2, -0.15) is 13.1 Å². The number of rotatable bonds is 6. The van der Waals surface area contributed by atoms with Crippen molar-refractivity contribution in [2.75, 3.05) is 39.4 Å². The predicted molar refractivity (Wildman–Crippen MR) is 83.1 cm³/mol. The first-order chi connectivity index (χ1) is 10.6. The molecule has 7 nitrogen and oxygen atoms in total. The summed E-state index contributed by atoms with van der Waals surface area (Å²) in [6, 6.07) is 6.96. The number of hydrogen-bond acceptors (Lipinski definition) is 5. The Kier molecular flexibility index (Phi) is 4.63. The SMILES string of the molecule is O=S(=O)(NCCN1CCOCC1)Oc1ccc2[nH]ccc2c1. The third-order valence-electron chi connectivity index (χ3n) is 3.54. The van der Waals surface area contributed by atoms with Gasteiger partial charge in [-0.3, -0.25) is 4.90 Å². The number of benzene rings is 1. The van der Waals surface area contributed by atoms with Crippen LogP contribution in [0.3, 0.4) is 0 Å². The molecule has 22 heavy (non-hydrogen) atoms. The average molecular weight is 325 g/mol. The van der Waals surface area contributed by atoms with E-state index in [2.05, 4.69) is 14.6 Å². The number of H-pyrrole nitrogens is 1. The first-order valence-electron chi connectivity index (χ1n) is 7.19. The first-order valence-corrected chi connectivity index (χ1v) is 8.59. The van der Waals surface area contributed by atoms with Crippen molar-refractivity contribution in [3.8, 4) is 5.75 Å². The summed E-state index contributed by atoms with van der Waals surface area (Å²) in [5, 5.41) is 0.904. The molecule has 1 aliphatic heterocycles. The van der Waals surface area contributed by atoms with Gasteiger partial charge < -0.3 is 13.9 Å². The van der Waals surface area contributed by atoms with Crippen molar-refractivity contribution < 1.29 is 17.3 Å². The van der Waals surface area contributed by atoms with Crippen LogP contribution in [0, 0.1) is 0 Å². The van der Waals surface area contributed by atoms with E-state index in [9.17, 15) is 8.42 Å². The normalized spacial score (nSPS) is 16.9. The Balaban J connectivity index is 1.53. The molecule has 0 radical (unpaired) electrons. The van der Waals surface area contributed by atoms with Crippen molar-refractivity contribution in [3.63, 3.8) is 0 Å². The van der Waals surface area contributed by atoms with Gasteiger partial charge >= 0.3 is 10.3 Å². The number of nitrogens with one attached hydrogen (secondary N) is 2. The highest BCUT2D eigenvalue weighted by Crippen LogP contribution is 2.20. The molecular weight excluding hydrogens is 306 g/mol. The zero-order valence-electron chi connectivity index (χ0n) is 12.1. The zero-order valence-corrected chi connectivity index (χ0v) is 12.9. The zero-order chi connectivity index (χ0) is 15.4. The van der Waals surface area contributed by atoms with E-state index in [0.29, 0.717) is 32.1 Å². The van der Waals surface area contributed by atoms with Crippen molar-refractivity contribution in [1.82, 2.24) is 14.6 Å². The second-order valence-electron chi connectivity index (χ2n) is 5.11. The Morgan fingerprint density at radius 3 is 2.91 bits per heavy atom. The molecule has 0 unspecified atom stereocenters. The van der Waals surface area contributed by atoms with Gasteiger partial charge in [-0.05, 0) is 24.3 Å². The fourth-order valence-electron chi connectivity index (χ4n) is 2.39. The molecule has 3 rings (SSSR count). The number of hydrogen-bond donors (Lipinski definition) is 2. The van der Waals surface area contributed by atoms with Crippen LogP contribution in [0.2, 0.25) is 0 Å². The smallest absolute Gasteiger partial charge is 0.379 e. The average Bonchev–Trinajstić information content (AvgIpc) is 2.95. The fourth-order valence-corrected chi connectivity index (χ4v) is 3.15. The second kappa shape index (κ2) is 6.66. The van der Waals surface area contributed by atoms with E-state index in [4.69, 9.17) is 8.92 Å². The maximum atomic E-state index is 11.9. The minimum atomic E-state index is -3.81. The van der Waals surface area contributed by atoms with Crippen LogP contribution in [0.5, 0.6) is 5.75 Å². The highest BCUT2D eigenvalue weighted by molar-refractivity contribution is 7.85. The summed E-state index contributed by atoms with van der Waals surface area (Å²) in [6.45, 7) is 4.00. The molecular formula is C14H19N3O4S. The number of fused-ring (bicyclic) bond motifs is 1. The van der Waals surface area contributed by atoms with Crippen LogP contribution >= 0.6 is 0 Å². The van der Waals surface area contributed by atoms with E-state index in [1.54, 1.807) is 24.4 Å². The summed E-state index contributed by atoms with van der Waals surface area (Å²) in [5.41, 5.74) is 0.935. The maximum absolute atomic E-state index is 11.9. The van der Waals surface area contributed by atoms with Crippen molar-refractivity contribution in [2.45, 2.75) is 0 Å². The van der Waals surface area contributed by atoms with Crippen molar-refractivity contribution in [1.29, 1.82) is 0 Å². The molecule has 2 N–H and O–H groups in total. The molecule has 0 aliphatic carbocycles. The Morgan fingerprint density at radius 2 is 2.09 bits per heavy atom. The Hall–Kier alpha value is -1.61. The summed E-state index contributed by atoms with van der Waals surface area (Å²) in [7, 11) is -3.81. The Bertz CT molecular complexity index is 723. The minimum absolute atomic E-state index is 0.297. The van der Waals surface area contributed by atoms with Crippen LogP contribution in [0.1, 0.15) is 0 Å². The number of ether oxygens (including phenoxy) is 1. The van der Waals surface area contributed by atoms with Gasteiger partial charge in [-0.15, -0.1) is 0 Å². The standard InChI is InChI=1S/C14H19N3O4S/c18-22(19,16-5-6-17-7-9-20-10-8-17)21-13-1-2-14-12(11-13)3-4-15-14/h1-4,11,15-16H,5-10H2. The molecule has 0 saturated carbocycles. The second-order valence-corrected chi connectivity index (χ2v) is 6.48. The molecule has 0 bridgehead atoms. The van der Waals surface area contributed by atoms with Crippen LogP contribution in [0.4, 0.5) is 0 Å². The van der Waals surface area contributed by atoms with Gasteiger partial charge in [-0.25, -0.2) is 0 Å². The molecule has 2 aromatic rings. The lowest BCUT2D eigenvalue weighted by molar-refractivity contribution is 0.0390. The van der Waals surface area contributed by atoms with Gasteiger partial charge in [0.15, 0.2) is 0 Å². The molecule has 120 valence electrons. The molecule has 1 aromatic carbocycles. The Morgan fingerprint density at radius 1 is 1.27 bits per heavy atom. The van der Waals surface area contributed by atoms with Gasteiger partial charge in [0.2, 0.25) is 0 Å². The van der Waals surface area contributed by atoms with Crippen molar-refractivity contribution >= 4 is 21.2 Å². The van der Waals surface area contributed by atoms with E-state index >= 15 is 0 Å². The molecule has 8 heteroatoms. The monoisotopic (exact) mass is 325 g/mol. The van der Waals surface area contributed by atoms with Gasteiger partial charge in [0.25, 0.3) is 0 Å². The van der Waals surface area contributed by atoms with Crippen molar-refractivity contribution in [2.24, 2.45) is 0 Å². The fraction of sp³-hybridized carbons (Fsp3) is 0.429. The first kappa shape index (κ1) is 15.3. The molecule has 1 saturated heterocycles. The number of morpholine rings is 1. The minimum Gasteiger partial charge on any atom is -0.379 e. The van der Waals surface area contributed by atoms with Gasteiger partial charge in [0.1, 0.15) is 5.75 Å². The molecule has 1 aliphatic rings. The van der Waals surface area contributed by atoms with Gasteiger partial charge in [0, 0.05) is 43.3 Å². The molecule has 0 amide bonds. The molecule has 1 fully saturated rings. The van der Waals surface area contributed by atoms with E-state index in [0.717, 1.165) is 24.0 Å². The Labute approximate surface area is 129 Å². The highest BCUT2D eigenvalue weighted by Gasteiger charge is 2.15. The third kappa shape index (κ3) is 3.98. The predicted octanol–water partition coefficient (Wildman–Crippen LogP) is 0.713. The molecule has 2 heterocycles. The van der Waals surface area contributed by atoms with Crippen LogP contribution in [0.15, 0.2) is 30.5 Å². The summed E-state index contributed by atoms with van der Waals surface area (Å²) < 4.78 is 36.6. The largest absolute Gasteiger partial charge is 0.382 e. The lowest BCUT2D eigenvalue weighted by atomic mass is 10.2. The lowest BCUT2D eigenvalue weighted by Crippen LogP contribution is -2.42. The lowest BCUT2D eigenvalue weighted by Gasteiger charge is -2.26. The van der Waals surface area contributed by atoms with E-state index < -0.39 is 10.3 Å². The topological polar surface area (TPSA) is 83.7 Å². The molecule has 1 aromatic heterocycles. The van der Waals surface area contributed by atoms with Gasteiger partial charge in [0.05, 0.1) is 13.2 Å². The quantitative estimate of drug-likeness (QED) is 0.817. The van der Waals surface area contributed by atoms with E-state index in [-0.39, 0.29) is 0 Å². The van der Waals surface area contributed by atoms with Crippen LogP contribution in [-0.4, -0.2) is 57.7 Å². The maximum Gasteiger partial charge on any atom is 0.382 e. The van der Waals surface area contributed by atoms with Crippen LogP contribution < -0.4 is 8.91 Å². The number of aromatic amines is 1. The molecule has 0 atom stereocenters. The summed E-state index contributed by atoms with van der Waals surface area (Å²) in [5.74, 6) is 0.297. The third-order valence-corrected chi connectivity index (χ3v) is 4.51. The number of nitrogens with zero attached hydrogens (tertiary/aromatic N) is 1. The van der Waals surface area contributed by atoms with E-state index in [1.807, 2.05) is 6.07 Å². The number of aromatic nitrogens is 1. The molecule has 0 spiro atoms. The van der Waals surface area contributed by atoms with Gasteiger partial charge in [-0.1, -0.05) is 0 Å². The highest BCUT2D eigenvalue weighted by atomic mass is 32.2.